The van der Waals surface area contributed by atoms with Crippen molar-refractivity contribution < 1.29 is 24.2 Å². The van der Waals surface area contributed by atoms with E-state index in [1.807, 2.05) is 38.1 Å². The van der Waals surface area contributed by atoms with E-state index in [9.17, 15) is 19.5 Å². The van der Waals surface area contributed by atoms with Crippen LogP contribution in [0.1, 0.15) is 63.5 Å². The van der Waals surface area contributed by atoms with Crippen molar-refractivity contribution in [3.8, 4) is 11.1 Å². The lowest BCUT2D eigenvalue weighted by Crippen LogP contribution is -2.56. The summed E-state index contributed by atoms with van der Waals surface area (Å²) in [7, 11) is 0. The Morgan fingerprint density at radius 3 is 2.11 bits per heavy atom. The quantitative estimate of drug-likeness (QED) is 0.459. The SMILES string of the molecule is CC(C)C[C@@H](NC(=O)OCC1c2ccccc2-c2ccccc21)C(=O)NC(C)(CC(=O)O)C1CC1. The average Bonchev–Trinajstić information content (AvgIpc) is 3.61. The Hall–Kier alpha value is -3.35. The highest BCUT2D eigenvalue weighted by Gasteiger charge is 2.45. The van der Waals surface area contributed by atoms with Gasteiger partial charge < -0.3 is 20.5 Å². The largest absolute Gasteiger partial charge is 0.481 e. The average molecular weight is 479 g/mol. The minimum Gasteiger partial charge on any atom is -0.481 e. The number of alkyl carbamates (subject to hydrolysis) is 1. The zero-order valence-electron chi connectivity index (χ0n) is 20.5. The van der Waals surface area contributed by atoms with Crippen LogP contribution in [0.15, 0.2) is 48.5 Å². The van der Waals surface area contributed by atoms with E-state index in [0.29, 0.717) is 6.42 Å². The molecule has 186 valence electrons. The van der Waals surface area contributed by atoms with E-state index in [0.717, 1.165) is 35.1 Å². The Bertz CT molecular complexity index is 1060. The first-order chi connectivity index (χ1) is 16.7. The number of carboxylic acids is 1. The first-order valence-corrected chi connectivity index (χ1v) is 12.3. The number of aliphatic carboxylic acids is 1. The molecule has 1 fully saturated rings. The van der Waals surface area contributed by atoms with Crippen LogP contribution in [0.5, 0.6) is 0 Å². The summed E-state index contributed by atoms with van der Waals surface area (Å²) in [4.78, 5) is 37.4. The van der Waals surface area contributed by atoms with Crippen molar-refractivity contribution in [1.29, 1.82) is 0 Å². The lowest BCUT2D eigenvalue weighted by molar-refractivity contribution is -0.139. The summed E-state index contributed by atoms with van der Waals surface area (Å²) >= 11 is 0. The van der Waals surface area contributed by atoms with E-state index in [4.69, 9.17) is 4.74 Å². The van der Waals surface area contributed by atoms with E-state index in [-0.39, 0.29) is 36.7 Å². The normalized spacial score (nSPS) is 17.1. The highest BCUT2D eigenvalue weighted by molar-refractivity contribution is 5.87. The van der Waals surface area contributed by atoms with Crippen molar-refractivity contribution in [2.45, 2.75) is 64.0 Å². The number of carboxylic acid groups (broad SMARTS) is 1. The Labute approximate surface area is 206 Å². The minimum absolute atomic E-state index is 0.0701. The molecule has 2 aromatic rings. The number of hydrogen-bond acceptors (Lipinski definition) is 4. The summed E-state index contributed by atoms with van der Waals surface area (Å²) in [5, 5.41) is 15.0. The van der Waals surface area contributed by atoms with Gasteiger partial charge in [0.2, 0.25) is 5.91 Å². The second kappa shape index (κ2) is 10.1. The number of nitrogens with one attached hydrogen (secondary N) is 2. The number of carbonyl (C=O) groups excluding carboxylic acids is 2. The van der Waals surface area contributed by atoms with Gasteiger partial charge in [0.05, 0.1) is 12.0 Å². The zero-order valence-corrected chi connectivity index (χ0v) is 20.5. The van der Waals surface area contributed by atoms with Crippen molar-refractivity contribution in [1.82, 2.24) is 10.6 Å². The maximum atomic E-state index is 13.2. The van der Waals surface area contributed by atoms with Gasteiger partial charge in [0.25, 0.3) is 0 Å². The second-order valence-corrected chi connectivity index (χ2v) is 10.4. The molecular formula is C28H34N2O5. The molecule has 0 aliphatic heterocycles. The van der Waals surface area contributed by atoms with Gasteiger partial charge in [-0.05, 0) is 60.3 Å². The summed E-state index contributed by atoms with van der Waals surface area (Å²) in [6.45, 7) is 5.87. The maximum Gasteiger partial charge on any atom is 0.407 e. The topological polar surface area (TPSA) is 105 Å². The van der Waals surface area contributed by atoms with Gasteiger partial charge in [-0.1, -0.05) is 62.4 Å². The van der Waals surface area contributed by atoms with Gasteiger partial charge in [-0.15, -0.1) is 0 Å². The van der Waals surface area contributed by atoms with Crippen LogP contribution in [0.25, 0.3) is 11.1 Å². The Balaban J connectivity index is 1.42. The van der Waals surface area contributed by atoms with Crippen molar-refractivity contribution in [3.63, 3.8) is 0 Å². The van der Waals surface area contributed by atoms with Crippen molar-refractivity contribution >= 4 is 18.0 Å². The number of hydrogen-bond donors (Lipinski definition) is 3. The minimum atomic E-state index is -0.954. The fourth-order valence-corrected chi connectivity index (χ4v) is 5.18. The number of ether oxygens (including phenoxy) is 1. The van der Waals surface area contributed by atoms with Crippen LogP contribution >= 0.6 is 0 Å². The third-order valence-electron chi connectivity index (χ3n) is 7.06. The fraction of sp³-hybridized carbons (Fsp3) is 0.464. The molecule has 2 aliphatic carbocycles. The number of fused-ring (bicyclic) bond motifs is 3. The van der Waals surface area contributed by atoms with Gasteiger partial charge in [-0.3, -0.25) is 9.59 Å². The van der Waals surface area contributed by atoms with Crippen LogP contribution in [0, 0.1) is 11.8 Å². The predicted molar refractivity (Wildman–Crippen MR) is 133 cm³/mol. The molecule has 2 aromatic carbocycles. The molecule has 0 heterocycles. The molecule has 0 spiro atoms. The second-order valence-electron chi connectivity index (χ2n) is 10.4. The number of carbonyl (C=O) groups is 3. The molecule has 0 saturated heterocycles. The molecule has 1 unspecified atom stereocenters. The van der Waals surface area contributed by atoms with Crippen molar-refractivity contribution in [3.05, 3.63) is 59.7 Å². The molecule has 2 amide bonds. The monoisotopic (exact) mass is 478 g/mol. The van der Waals surface area contributed by atoms with Crippen LogP contribution in [-0.4, -0.2) is 41.3 Å². The Morgan fingerprint density at radius 2 is 1.60 bits per heavy atom. The molecule has 0 radical (unpaired) electrons. The van der Waals surface area contributed by atoms with E-state index < -0.39 is 23.6 Å². The molecule has 7 heteroatoms. The van der Waals surface area contributed by atoms with E-state index in [1.54, 1.807) is 6.92 Å². The third kappa shape index (κ3) is 5.66. The summed E-state index contributed by atoms with van der Waals surface area (Å²) < 4.78 is 5.63. The standard InChI is InChI=1S/C28H34N2O5/c1-17(2)14-24(26(33)30-28(3,15-25(31)32)18-12-13-18)29-27(34)35-16-23-21-10-6-4-8-19(21)20-9-5-7-11-22(20)23/h4-11,17-18,23-24H,12-16H2,1-3H3,(H,29,34)(H,30,33)(H,31,32)/t24-,28?/m1/s1. The summed E-state index contributed by atoms with van der Waals surface area (Å²) in [5.74, 6) is -1.12. The molecule has 7 nitrogen and oxygen atoms in total. The van der Waals surface area contributed by atoms with E-state index >= 15 is 0 Å². The van der Waals surface area contributed by atoms with Crippen molar-refractivity contribution in [2.75, 3.05) is 6.61 Å². The summed E-state index contributed by atoms with van der Waals surface area (Å²) in [6.07, 6.45) is 1.39. The summed E-state index contributed by atoms with van der Waals surface area (Å²) in [6, 6.07) is 15.4. The third-order valence-corrected chi connectivity index (χ3v) is 7.06. The highest BCUT2D eigenvalue weighted by Crippen LogP contribution is 2.44. The van der Waals surface area contributed by atoms with Crippen LogP contribution in [0.2, 0.25) is 0 Å². The molecule has 3 N–H and O–H groups in total. The fourth-order valence-electron chi connectivity index (χ4n) is 5.18. The van der Waals surface area contributed by atoms with Gasteiger partial charge >= 0.3 is 12.1 Å². The highest BCUT2D eigenvalue weighted by atomic mass is 16.5. The molecule has 4 rings (SSSR count). The number of rotatable bonds is 10. The lowest BCUT2D eigenvalue weighted by Gasteiger charge is -2.32. The molecule has 35 heavy (non-hydrogen) atoms. The first kappa shape index (κ1) is 24.8. The van der Waals surface area contributed by atoms with Crippen LogP contribution in [-0.2, 0) is 14.3 Å². The van der Waals surface area contributed by atoms with E-state index in [2.05, 4.69) is 34.9 Å². The molecule has 2 aliphatic rings. The van der Waals surface area contributed by atoms with Gasteiger partial charge in [0.15, 0.2) is 0 Å². The van der Waals surface area contributed by atoms with Crippen LogP contribution < -0.4 is 10.6 Å². The molecule has 0 aromatic heterocycles. The summed E-state index contributed by atoms with van der Waals surface area (Å²) in [5.41, 5.74) is 3.69. The molecule has 0 bridgehead atoms. The molecule has 1 saturated carbocycles. The molecule has 2 atom stereocenters. The van der Waals surface area contributed by atoms with E-state index in [1.165, 1.54) is 0 Å². The van der Waals surface area contributed by atoms with Crippen molar-refractivity contribution in [2.24, 2.45) is 11.8 Å². The van der Waals surface area contributed by atoms with Gasteiger partial charge in [0.1, 0.15) is 12.6 Å². The Morgan fingerprint density at radius 1 is 1.03 bits per heavy atom. The van der Waals surface area contributed by atoms with Gasteiger partial charge in [-0.2, -0.15) is 0 Å². The van der Waals surface area contributed by atoms with Crippen LogP contribution in [0.3, 0.4) is 0 Å². The number of benzene rings is 2. The maximum absolute atomic E-state index is 13.2. The van der Waals surface area contributed by atoms with Gasteiger partial charge in [-0.25, -0.2) is 4.79 Å². The van der Waals surface area contributed by atoms with Crippen LogP contribution in [0.4, 0.5) is 4.79 Å². The first-order valence-electron chi connectivity index (χ1n) is 12.3. The van der Waals surface area contributed by atoms with Gasteiger partial charge in [0, 0.05) is 5.92 Å². The number of amides is 2. The predicted octanol–water partition coefficient (Wildman–Crippen LogP) is 4.70. The molecular weight excluding hydrogens is 444 g/mol. The smallest absolute Gasteiger partial charge is 0.407 e. The Kier molecular flexibility index (Phi) is 7.15. The zero-order chi connectivity index (χ0) is 25.2. The lowest BCUT2D eigenvalue weighted by atomic mass is 9.90.